The van der Waals surface area contributed by atoms with Crippen LogP contribution in [-0.4, -0.2) is 21.1 Å². The van der Waals surface area contributed by atoms with Gasteiger partial charge >= 0.3 is 0 Å². The van der Waals surface area contributed by atoms with Gasteiger partial charge in [0, 0.05) is 5.56 Å². The lowest BCUT2D eigenvalue weighted by Crippen LogP contribution is -2.22. The van der Waals surface area contributed by atoms with Crippen molar-refractivity contribution < 1.29 is 9.18 Å². The average Bonchev–Trinajstić information content (AvgIpc) is 2.75. The number of carbonyl (C=O) groups excluding carboxylic acids is 1. The molecule has 0 atom stereocenters. The third-order valence-electron chi connectivity index (χ3n) is 4.33. The minimum atomic E-state index is -0.578. The van der Waals surface area contributed by atoms with E-state index in [0.717, 1.165) is 11.8 Å². The molecule has 0 aliphatic carbocycles. The van der Waals surface area contributed by atoms with E-state index in [4.69, 9.17) is 11.6 Å². The van der Waals surface area contributed by atoms with Gasteiger partial charge in [0.25, 0.3) is 5.56 Å². The molecule has 1 aromatic heterocycles. The first kappa shape index (κ1) is 19.4. The van der Waals surface area contributed by atoms with E-state index in [1.54, 1.807) is 48.5 Å². The molecule has 29 heavy (non-hydrogen) atoms. The van der Waals surface area contributed by atoms with E-state index < -0.39 is 5.82 Å². The number of fused-ring (bicyclic) bond motifs is 1. The normalized spacial score (nSPS) is 11.0. The summed E-state index contributed by atoms with van der Waals surface area (Å²) in [7, 11) is 0. The van der Waals surface area contributed by atoms with Crippen LogP contribution in [0, 0.1) is 5.82 Å². The fourth-order valence-corrected chi connectivity index (χ4v) is 3.98. The Hall–Kier alpha value is -2.96. The van der Waals surface area contributed by atoms with E-state index in [1.807, 2.05) is 6.07 Å². The maximum absolute atomic E-state index is 13.6. The van der Waals surface area contributed by atoms with Gasteiger partial charge in [0.05, 0.1) is 27.4 Å². The first-order chi connectivity index (χ1) is 14.0. The summed E-state index contributed by atoms with van der Waals surface area (Å²) >= 11 is 7.07. The minimum Gasteiger partial charge on any atom is -0.293 e. The van der Waals surface area contributed by atoms with Crippen molar-refractivity contribution >= 4 is 40.0 Å². The second-order valence-corrected chi connectivity index (χ2v) is 7.58. The number of aromatic nitrogens is 2. The number of benzene rings is 3. The quantitative estimate of drug-likeness (QED) is 0.252. The molecule has 0 N–H and O–H groups in total. The van der Waals surface area contributed by atoms with Crippen LogP contribution in [0.5, 0.6) is 0 Å². The molecule has 0 aliphatic heterocycles. The zero-order valence-corrected chi connectivity index (χ0v) is 16.6. The molecule has 4 aromatic rings. The highest BCUT2D eigenvalue weighted by Gasteiger charge is 2.16. The van der Waals surface area contributed by atoms with Gasteiger partial charge < -0.3 is 0 Å². The molecule has 0 bridgehead atoms. The Bertz CT molecular complexity index is 1280. The van der Waals surface area contributed by atoms with Crippen LogP contribution in [0.1, 0.15) is 10.4 Å². The van der Waals surface area contributed by atoms with Gasteiger partial charge in [-0.2, -0.15) is 0 Å². The maximum atomic E-state index is 13.6. The SMILES string of the molecule is O=C(CSc1nc2ccccc2c(=O)n1-c1ccc(F)c(Cl)c1)c1ccccc1. The number of rotatable bonds is 5. The van der Waals surface area contributed by atoms with E-state index in [0.29, 0.717) is 27.3 Å². The molecule has 4 rings (SSSR count). The Labute approximate surface area is 175 Å². The highest BCUT2D eigenvalue weighted by molar-refractivity contribution is 7.99. The minimum absolute atomic E-state index is 0.0818. The van der Waals surface area contributed by atoms with Gasteiger partial charge in [0.1, 0.15) is 5.82 Å². The van der Waals surface area contributed by atoms with Crippen LogP contribution in [-0.2, 0) is 0 Å². The van der Waals surface area contributed by atoms with Crippen LogP contribution >= 0.6 is 23.4 Å². The highest BCUT2D eigenvalue weighted by atomic mass is 35.5. The molecule has 0 spiro atoms. The molecule has 1 heterocycles. The van der Waals surface area contributed by atoms with Crippen LogP contribution in [0.3, 0.4) is 0 Å². The Morgan fingerprint density at radius 3 is 2.52 bits per heavy atom. The number of ketones is 1. The van der Waals surface area contributed by atoms with Crippen molar-refractivity contribution in [3.8, 4) is 5.69 Å². The summed E-state index contributed by atoms with van der Waals surface area (Å²) in [5, 5.41) is 0.659. The molecule has 0 aliphatic rings. The zero-order valence-electron chi connectivity index (χ0n) is 15.0. The second-order valence-electron chi connectivity index (χ2n) is 6.23. The van der Waals surface area contributed by atoms with Gasteiger partial charge in [-0.25, -0.2) is 9.37 Å². The lowest BCUT2D eigenvalue weighted by molar-refractivity contribution is 0.102. The molecule has 0 amide bonds. The molecule has 0 saturated carbocycles. The number of nitrogens with zero attached hydrogens (tertiary/aromatic N) is 2. The second kappa shape index (κ2) is 8.19. The first-order valence-electron chi connectivity index (χ1n) is 8.73. The summed E-state index contributed by atoms with van der Waals surface area (Å²) in [6.07, 6.45) is 0. The Kier molecular flexibility index (Phi) is 5.47. The van der Waals surface area contributed by atoms with Crippen LogP contribution in [0.15, 0.2) is 82.7 Å². The van der Waals surface area contributed by atoms with Gasteiger partial charge in [0.2, 0.25) is 0 Å². The van der Waals surface area contributed by atoms with Gasteiger partial charge in [-0.3, -0.25) is 14.2 Å². The molecular weight excluding hydrogens is 411 g/mol. The molecule has 0 unspecified atom stereocenters. The fraction of sp³-hybridized carbons (Fsp3) is 0.0455. The molecule has 0 saturated heterocycles. The van der Waals surface area contributed by atoms with Gasteiger partial charge in [0.15, 0.2) is 10.9 Å². The summed E-state index contributed by atoms with van der Waals surface area (Å²) < 4.78 is 15.0. The number of hydrogen-bond donors (Lipinski definition) is 0. The summed E-state index contributed by atoms with van der Waals surface area (Å²) in [6, 6.07) is 19.9. The molecule has 7 heteroatoms. The maximum Gasteiger partial charge on any atom is 0.266 e. The highest BCUT2D eigenvalue weighted by Crippen LogP contribution is 2.25. The topological polar surface area (TPSA) is 52.0 Å². The first-order valence-corrected chi connectivity index (χ1v) is 10.1. The molecular formula is C22H14ClFN2O2S. The van der Waals surface area contributed by atoms with Gasteiger partial charge in [-0.15, -0.1) is 0 Å². The van der Waals surface area contributed by atoms with Gasteiger partial charge in [-0.1, -0.05) is 65.8 Å². The number of thioether (sulfide) groups is 1. The average molecular weight is 425 g/mol. The Balaban J connectivity index is 1.80. The Morgan fingerprint density at radius 1 is 1.03 bits per heavy atom. The standard InChI is InChI=1S/C22H14ClFN2O2S/c23-17-12-15(10-11-18(17)24)26-21(28)16-8-4-5-9-19(16)25-22(26)29-13-20(27)14-6-2-1-3-7-14/h1-12H,13H2. The number of halogens is 2. The molecule has 0 radical (unpaired) electrons. The van der Waals surface area contributed by atoms with Crippen molar-refractivity contribution in [3.63, 3.8) is 0 Å². The van der Waals surface area contributed by atoms with E-state index in [9.17, 15) is 14.0 Å². The lowest BCUT2D eigenvalue weighted by Gasteiger charge is -2.13. The Morgan fingerprint density at radius 2 is 1.76 bits per heavy atom. The predicted octanol–water partition coefficient (Wildman–Crippen LogP) is 5.15. The van der Waals surface area contributed by atoms with E-state index in [-0.39, 0.29) is 22.1 Å². The van der Waals surface area contributed by atoms with Crippen molar-refractivity contribution in [1.29, 1.82) is 0 Å². The van der Waals surface area contributed by atoms with E-state index >= 15 is 0 Å². The number of hydrogen-bond acceptors (Lipinski definition) is 4. The molecule has 0 fully saturated rings. The zero-order chi connectivity index (χ0) is 20.4. The summed E-state index contributed by atoms with van der Waals surface area (Å²) in [5.74, 6) is -0.559. The third kappa shape index (κ3) is 3.95. The summed E-state index contributed by atoms with van der Waals surface area (Å²) in [4.78, 5) is 30.2. The van der Waals surface area contributed by atoms with Crippen LogP contribution < -0.4 is 5.56 Å². The molecule has 4 nitrogen and oxygen atoms in total. The number of para-hydroxylation sites is 1. The monoisotopic (exact) mass is 424 g/mol. The van der Waals surface area contributed by atoms with Crippen molar-refractivity contribution in [2.75, 3.05) is 5.75 Å². The molecule has 144 valence electrons. The van der Waals surface area contributed by atoms with Gasteiger partial charge in [-0.05, 0) is 30.3 Å². The fourth-order valence-electron chi connectivity index (χ4n) is 2.90. The predicted molar refractivity (Wildman–Crippen MR) is 114 cm³/mol. The number of carbonyl (C=O) groups is 1. The van der Waals surface area contributed by atoms with E-state index in [2.05, 4.69) is 4.98 Å². The van der Waals surface area contributed by atoms with Crippen molar-refractivity contribution in [2.45, 2.75) is 5.16 Å². The third-order valence-corrected chi connectivity index (χ3v) is 5.56. The van der Waals surface area contributed by atoms with Crippen LogP contribution in [0.2, 0.25) is 5.02 Å². The smallest absolute Gasteiger partial charge is 0.266 e. The van der Waals surface area contributed by atoms with Crippen LogP contribution in [0.4, 0.5) is 4.39 Å². The summed E-state index contributed by atoms with van der Waals surface area (Å²) in [6.45, 7) is 0. The van der Waals surface area contributed by atoms with Crippen molar-refractivity contribution in [3.05, 3.63) is 99.6 Å². The largest absolute Gasteiger partial charge is 0.293 e. The van der Waals surface area contributed by atoms with E-state index in [1.165, 1.54) is 22.8 Å². The van der Waals surface area contributed by atoms with Crippen molar-refractivity contribution in [2.24, 2.45) is 0 Å². The van der Waals surface area contributed by atoms with Crippen molar-refractivity contribution in [1.82, 2.24) is 9.55 Å². The number of Topliss-reactive ketones (excluding diaryl/α,β-unsaturated/α-hetero) is 1. The lowest BCUT2D eigenvalue weighted by atomic mass is 10.2. The summed E-state index contributed by atoms with van der Waals surface area (Å²) in [5.41, 5.74) is 1.18. The van der Waals surface area contributed by atoms with Crippen LogP contribution in [0.25, 0.3) is 16.6 Å². The molecule has 3 aromatic carbocycles.